The highest BCUT2D eigenvalue weighted by Crippen LogP contribution is 2.25. The van der Waals surface area contributed by atoms with Crippen LogP contribution in [-0.2, 0) is 13.2 Å². The second kappa shape index (κ2) is 11.4. The lowest BCUT2D eigenvalue weighted by molar-refractivity contribution is 0.0948. The molecule has 0 aliphatic carbocycles. The number of carbonyl (C=O) groups is 2. The molecule has 0 unspecified atom stereocenters. The van der Waals surface area contributed by atoms with Crippen LogP contribution in [0.1, 0.15) is 57.8 Å². The van der Waals surface area contributed by atoms with Crippen LogP contribution < -0.4 is 20.1 Å². The summed E-state index contributed by atoms with van der Waals surface area (Å²) >= 11 is 0. The van der Waals surface area contributed by atoms with Crippen molar-refractivity contribution >= 4 is 17.5 Å². The number of rotatable bonds is 10. The highest BCUT2D eigenvalue weighted by molar-refractivity contribution is 6.08. The van der Waals surface area contributed by atoms with Crippen LogP contribution >= 0.6 is 0 Å². The first-order valence-electron chi connectivity index (χ1n) is 11.4. The monoisotopic (exact) mass is 464 g/mol. The molecule has 34 heavy (non-hydrogen) atoms. The van der Waals surface area contributed by atoms with Crippen molar-refractivity contribution in [3.05, 3.63) is 70.5 Å². The van der Waals surface area contributed by atoms with Gasteiger partial charge in [0.05, 0.1) is 12.8 Å². The van der Waals surface area contributed by atoms with Crippen LogP contribution in [0.2, 0.25) is 0 Å². The second-order valence-electron chi connectivity index (χ2n) is 8.04. The van der Waals surface area contributed by atoms with Crippen molar-refractivity contribution in [2.45, 2.75) is 47.3 Å². The Morgan fingerprint density at radius 1 is 1.03 bits per heavy atom. The standard InChI is InChI=1S/C26H32N4O4/c1-6-12-27-26(32)24-21(15-30(7-2)29-24)28-25(31)19-10-11-22(33-5)20(14-19)16-34-23-13-17(3)8-9-18(23)4/h8-11,13-15H,6-7,12,16H2,1-5H3,(H,27,32)(H,28,31). The third-order valence-electron chi connectivity index (χ3n) is 5.35. The minimum Gasteiger partial charge on any atom is -0.496 e. The molecule has 0 aliphatic heterocycles. The van der Waals surface area contributed by atoms with Crippen LogP contribution in [0.4, 0.5) is 5.69 Å². The summed E-state index contributed by atoms with van der Waals surface area (Å²) in [6, 6.07) is 11.2. The summed E-state index contributed by atoms with van der Waals surface area (Å²) in [6.07, 6.45) is 2.47. The molecule has 3 aromatic rings. The number of hydrogen-bond donors (Lipinski definition) is 2. The smallest absolute Gasteiger partial charge is 0.273 e. The number of hydrogen-bond acceptors (Lipinski definition) is 5. The molecule has 0 fully saturated rings. The zero-order valence-corrected chi connectivity index (χ0v) is 20.4. The van der Waals surface area contributed by atoms with Gasteiger partial charge in [0, 0.05) is 30.4 Å². The van der Waals surface area contributed by atoms with Crippen molar-refractivity contribution in [2.75, 3.05) is 19.0 Å². The fourth-order valence-electron chi connectivity index (χ4n) is 3.41. The van der Waals surface area contributed by atoms with E-state index in [1.54, 1.807) is 36.2 Å². The second-order valence-corrected chi connectivity index (χ2v) is 8.04. The summed E-state index contributed by atoms with van der Waals surface area (Å²) in [4.78, 5) is 25.6. The topological polar surface area (TPSA) is 94.5 Å². The number of methoxy groups -OCH3 is 1. The zero-order chi connectivity index (χ0) is 24.7. The highest BCUT2D eigenvalue weighted by atomic mass is 16.5. The Bertz CT molecular complexity index is 1170. The largest absolute Gasteiger partial charge is 0.496 e. The van der Waals surface area contributed by atoms with Gasteiger partial charge in [-0.15, -0.1) is 0 Å². The van der Waals surface area contributed by atoms with Crippen molar-refractivity contribution in [2.24, 2.45) is 0 Å². The number of amides is 2. The molecule has 1 heterocycles. The predicted molar refractivity (Wildman–Crippen MR) is 132 cm³/mol. The number of anilines is 1. The molecule has 2 N–H and O–H groups in total. The molecule has 8 nitrogen and oxygen atoms in total. The van der Waals surface area contributed by atoms with Gasteiger partial charge in [-0.05, 0) is 62.6 Å². The summed E-state index contributed by atoms with van der Waals surface area (Å²) < 4.78 is 13.1. The van der Waals surface area contributed by atoms with Crippen molar-refractivity contribution in [1.29, 1.82) is 0 Å². The first-order valence-corrected chi connectivity index (χ1v) is 11.4. The van der Waals surface area contributed by atoms with E-state index in [-0.39, 0.29) is 24.1 Å². The maximum atomic E-state index is 13.1. The van der Waals surface area contributed by atoms with E-state index in [9.17, 15) is 9.59 Å². The van der Waals surface area contributed by atoms with Crippen molar-refractivity contribution in [3.8, 4) is 11.5 Å². The molecular formula is C26H32N4O4. The maximum Gasteiger partial charge on any atom is 0.273 e. The first kappa shape index (κ1) is 24.8. The third-order valence-corrected chi connectivity index (χ3v) is 5.35. The van der Waals surface area contributed by atoms with Crippen LogP contribution in [-0.4, -0.2) is 35.2 Å². The van der Waals surface area contributed by atoms with E-state index in [1.165, 1.54) is 0 Å². The van der Waals surface area contributed by atoms with Gasteiger partial charge < -0.3 is 20.1 Å². The molecule has 1 aromatic heterocycles. The van der Waals surface area contributed by atoms with Crippen LogP contribution in [0.5, 0.6) is 11.5 Å². The minimum absolute atomic E-state index is 0.190. The molecule has 0 saturated heterocycles. The quantitative estimate of drug-likeness (QED) is 0.461. The lowest BCUT2D eigenvalue weighted by atomic mass is 10.1. The van der Waals surface area contributed by atoms with E-state index in [4.69, 9.17) is 9.47 Å². The summed E-state index contributed by atoms with van der Waals surface area (Å²) in [5.41, 5.74) is 3.85. The van der Waals surface area contributed by atoms with E-state index in [0.717, 1.165) is 28.9 Å². The lowest BCUT2D eigenvalue weighted by Crippen LogP contribution is -2.26. The van der Waals surface area contributed by atoms with E-state index in [0.29, 0.717) is 30.1 Å². The minimum atomic E-state index is -0.351. The van der Waals surface area contributed by atoms with E-state index < -0.39 is 0 Å². The molecule has 180 valence electrons. The van der Waals surface area contributed by atoms with E-state index >= 15 is 0 Å². The molecule has 0 bridgehead atoms. The van der Waals surface area contributed by atoms with Crippen molar-refractivity contribution in [3.63, 3.8) is 0 Å². The van der Waals surface area contributed by atoms with Crippen LogP contribution in [0.3, 0.4) is 0 Å². The summed E-state index contributed by atoms with van der Waals surface area (Å²) in [7, 11) is 1.58. The maximum absolute atomic E-state index is 13.1. The number of carbonyl (C=O) groups excluding carboxylic acids is 2. The molecule has 2 aromatic carbocycles. The molecule has 0 saturated carbocycles. The van der Waals surface area contributed by atoms with Gasteiger partial charge in [-0.3, -0.25) is 14.3 Å². The third kappa shape index (κ3) is 5.95. The van der Waals surface area contributed by atoms with Crippen LogP contribution in [0, 0.1) is 13.8 Å². The van der Waals surface area contributed by atoms with Gasteiger partial charge in [0.25, 0.3) is 11.8 Å². The predicted octanol–water partition coefficient (Wildman–Crippen LogP) is 4.50. The van der Waals surface area contributed by atoms with Gasteiger partial charge in [-0.25, -0.2) is 0 Å². The molecule has 0 spiro atoms. The van der Waals surface area contributed by atoms with Gasteiger partial charge in [-0.2, -0.15) is 5.10 Å². The Morgan fingerprint density at radius 2 is 1.82 bits per heavy atom. The SMILES string of the molecule is CCCNC(=O)c1nn(CC)cc1NC(=O)c1ccc(OC)c(COc2cc(C)ccc2C)c1. The Labute approximate surface area is 200 Å². The number of benzene rings is 2. The van der Waals surface area contributed by atoms with Gasteiger partial charge in [0.15, 0.2) is 5.69 Å². The van der Waals surface area contributed by atoms with Gasteiger partial charge in [0.2, 0.25) is 0 Å². The van der Waals surface area contributed by atoms with Gasteiger partial charge in [-0.1, -0.05) is 19.1 Å². The normalized spacial score (nSPS) is 10.6. The molecule has 8 heteroatoms. The average molecular weight is 465 g/mol. The number of nitrogens with zero attached hydrogens (tertiary/aromatic N) is 2. The number of ether oxygens (including phenoxy) is 2. The summed E-state index contributed by atoms with van der Waals surface area (Å²) in [5, 5.41) is 9.94. The average Bonchev–Trinajstić information content (AvgIpc) is 3.25. The van der Waals surface area contributed by atoms with Gasteiger partial charge >= 0.3 is 0 Å². The van der Waals surface area contributed by atoms with E-state index in [2.05, 4.69) is 15.7 Å². The highest BCUT2D eigenvalue weighted by Gasteiger charge is 2.19. The van der Waals surface area contributed by atoms with Crippen LogP contribution in [0.25, 0.3) is 0 Å². The zero-order valence-electron chi connectivity index (χ0n) is 20.4. The van der Waals surface area contributed by atoms with E-state index in [1.807, 2.05) is 45.9 Å². The molecule has 3 rings (SSSR count). The van der Waals surface area contributed by atoms with Crippen molar-refractivity contribution in [1.82, 2.24) is 15.1 Å². The molecule has 0 radical (unpaired) electrons. The number of aromatic nitrogens is 2. The Morgan fingerprint density at radius 3 is 2.53 bits per heavy atom. The fraction of sp³-hybridized carbons (Fsp3) is 0.346. The number of aryl methyl sites for hydroxylation is 3. The van der Waals surface area contributed by atoms with Crippen LogP contribution in [0.15, 0.2) is 42.6 Å². The molecular weight excluding hydrogens is 432 g/mol. The van der Waals surface area contributed by atoms with Gasteiger partial charge in [0.1, 0.15) is 18.1 Å². The lowest BCUT2D eigenvalue weighted by Gasteiger charge is -2.14. The summed E-state index contributed by atoms with van der Waals surface area (Å²) in [6.45, 7) is 9.24. The fourth-order valence-corrected chi connectivity index (χ4v) is 3.41. The number of nitrogens with one attached hydrogen (secondary N) is 2. The Kier molecular flexibility index (Phi) is 8.29. The molecule has 0 atom stereocenters. The molecule has 2 amide bonds. The first-order chi connectivity index (χ1) is 16.4. The Balaban J connectivity index is 1.81. The Hall–Kier alpha value is -3.81. The van der Waals surface area contributed by atoms with Crippen molar-refractivity contribution < 1.29 is 19.1 Å². The molecule has 0 aliphatic rings. The summed E-state index contributed by atoms with van der Waals surface area (Å²) in [5.74, 6) is 0.740.